The van der Waals surface area contributed by atoms with Gasteiger partial charge < -0.3 is 20.1 Å². The number of halogens is 3. The van der Waals surface area contributed by atoms with Crippen LogP contribution in [0.25, 0.3) is 0 Å². The Morgan fingerprint density at radius 1 is 1.39 bits per heavy atom. The van der Waals surface area contributed by atoms with Gasteiger partial charge in [0.05, 0.1) is 12.0 Å². The van der Waals surface area contributed by atoms with Crippen LogP contribution in [0.1, 0.15) is 12.0 Å². The zero-order valence-corrected chi connectivity index (χ0v) is 12.7. The van der Waals surface area contributed by atoms with Crippen molar-refractivity contribution in [2.45, 2.75) is 19.3 Å². The molecular weight excluding hydrogens is 313 g/mol. The maximum atomic E-state index is 12.4. The summed E-state index contributed by atoms with van der Waals surface area (Å²) in [5.41, 5.74) is -0.425. The van der Waals surface area contributed by atoms with E-state index in [1.807, 2.05) is 0 Å². The van der Waals surface area contributed by atoms with E-state index in [0.717, 1.165) is 0 Å². The lowest BCUT2D eigenvalue weighted by atomic mass is 9.87. The number of ether oxygens (including phenoxy) is 2. The lowest BCUT2D eigenvalue weighted by molar-refractivity contribution is -0.274. The maximum Gasteiger partial charge on any atom is 0.573 e. The van der Waals surface area contributed by atoms with Crippen molar-refractivity contribution in [2.24, 2.45) is 5.41 Å². The molecule has 1 saturated heterocycles. The second kappa shape index (κ2) is 7.18. The summed E-state index contributed by atoms with van der Waals surface area (Å²) in [5, 5.41) is 5.79. The van der Waals surface area contributed by atoms with Crippen molar-refractivity contribution in [1.82, 2.24) is 10.6 Å². The number of carbonyl (C=O) groups is 1. The van der Waals surface area contributed by atoms with Crippen molar-refractivity contribution in [2.75, 3.05) is 26.8 Å². The van der Waals surface area contributed by atoms with Gasteiger partial charge in [-0.05, 0) is 19.0 Å². The van der Waals surface area contributed by atoms with Crippen LogP contribution in [0.3, 0.4) is 0 Å². The summed E-state index contributed by atoms with van der Waals surface area (Å²) in [7, 11) is 1.51. The fourth-order valence-corrected chi connectivity index (χ4v) is 2.64. The van der Waals surface area contributed by atoms with Crippen LogP contribution in [0.15, 0.2) is 24.3 Å². The van der Waals surface area contributed by atoms with Gasteiger partial charge in [0.2, 0.25) is 5.91 Å². The highest BCUT2D eigenvalue weighted by molar-refractivity contribution is 5.83. The molecule has 1 aromatic rings. The topological polar surface area (TPSA) is 59.6 Å². The third-order valence-electron chi connectivity index (χ3n) is 3.78. The number of hydrogen-bond acceptors (Lipinski definition) is 4. The fourth-order valence-electron chi connectivity index (χ4n) is 2.64. The lowest BCUT2D eigenvalue weighted by Crippen LogP contribution is -2.45. The van der Waals surface area contributed by atoms with Gasteiger partial charge in [0, 0.05) is 25.8 Å². The van der Waals surface area contributed by atoms with Gasteiger partial charge in [-0.2, -0.15) is 0 Å². The highest BCUT2D eigenvalue weighted by atomic mass is 19.4. The van der Waals surface area contributed by atoms with Crippen molar-refractivity contribution in [3.63, 3.8) is 0 Å². The largest absolute Gasteiger partial charge is 0.573 e. The van der Waals surface area contributed by atoms with Crippen molar-refractivity contribution in [3.05, 3.63) is 29.8 Å². The molecule has 2 rings (SSSR count). The van der Waals surface area contributed by atoms with Crippen molar-refractivity contribution in [1.29, 1.82) is 0 Å². The molecule has 0 saturated carbocycles. The van der Waals surface area contributed by atoms with Gasteiger partial charge in [0.1, 0.15) is 5.75 Å². The van der Waals surface area contributed by atoms with E-state index in [4.69, 9.17) is 4.74 Å². The molecule has 128 valence electrons. The van der Waals surface area contributed by atoms with Gasteiger partial charge in [-0.15, -0.1) is 13.2 Å². The van der Waals surface area contributed by atoms with Crippen molar-refractivity contribution >= 4 is 5.91 Å². The van der Waals surface area contributed by atoms with Crippen LogP contribution in [0.5, 0.6) is 5.75 Å². The Labute approximate surface area is 132 Å². The fraction of sp³-hybridized carbons (Fsp3) is 0.533. The molecule has 1 aromatic carbocycles. The van der Waals surface area contributed by atoms with E-state index in [2.05, 4.69) is 15.4 Å². The highest BCUT2D eigenvalue weighted by Crippen LogP contribution is 2.28. The lowest BCUT2D eigenvalue weighted by Gasteiger charge is -2.26. The normalized spacial score (nSPS) is 21.2. The Kier molecular flexibility index (Phi) is 5.48. The van der Waals surface area contributed by atoms with Gasteiger partial charge in [0.25, 0.3) is 0 Å². The Morgan fingerprint density at radius 2 is 2.13 bits per heavy atom. The summed E-state index contributed by atoms with van der Waals surface area (Å²) in [6, 6.07) is 5.74. The van der Waals surface area contributed by atoms with E-state index in [1.54, 1.807) is 6.07 Å². The number of nitrogens with one attached hydrogen (secondary N) is 2. The maximum absolute atomic E-state index is 12.4. The van der Waals surface area contributed by atoms with Crippen molar-refractivity contribution in [3.8, 4) is 5.75 Å². The summed E-state index contributed by atoms with van der Waals surface area (Å²) in [4.78, 5) is 12.4. The zero-order chi connectivity index (χ0) is 16.9. The van der Waals surface area contributed by atoms with Crippen LogP contribution >= 0.6 is 0 Å². The third-order valence-corrected chi connectivity index (χ3v) is 3.78. The monoisotopic (exact) mass is 332 g/mol. The van der Waals surface area contributed by atoms with Gasteiger partial charge in [-0.25, -0.2) is 0 Å². The van der Waals surface area contributed by atoms with E-state index in [0.29, 0.717) is 19.5 Å². The van der Waals surface area contributed by atoms with Crippen molar-refractivity contribution < 1.29 is 27.4 Å². The molecule has 5 nitrogen and oxygen atoms in total. The molecule has 2 N–H and O–H groups in total. The van der Waals surface area contributed by atoms with Gasteiger partial charge in [-0.3, -0.25) is 4.79 Å². The quantitative estimate of drug-likeness (QED) is 0.834. The number of hydrogen-bond donors (Lipinski definition) is 2. The first-order valence-corrected chi connectivity index (χ1v) is 7.18. The second-order valence-corrected chi connectivity index (χ2v) is 5.48. The molecule has 0 bridgehead atoms. The molecule has 1 atom stereocenters. The molecule has 1 amide bonds. The van der Waals surface area contributed by atoms with Crippen LogP contribution in [-0.2, 0) is 16.1 Å². The number of alkyl halides is 3. The summed E-state index contributed by atoms with van der Waals surface area (Å²) in [6.45, 7) is 1.39. The van der Waals surface area contributed by atoms with E-state index in [1.165, 1.54) is 25.3 Å². The Hall–Kier alpha value is -1.80. The predicted molar refractivity (Wildman–Crippen MR) is 76.8 cm³/mol. The number of benzene rings is 1. The molecule has 0 aromatic heterocycles. The average molecular weight is 332 g/mol. The first-order chi connectivity index (χ1) is 10.9. The number of amides is 1. The first-order valence-electron chi connectivity index (χ1n) is 7.18. The first kappa shape index (κ1) is 17.6. The van der Waals surface area contributed by atoms with E-state index >= 15 is 0 Å². The Bertz CT molecular complexity index is 543. The standard InChI is InChI=1S/C15H19F3N2O3/c1-22-10-14(6-7-19-9-14)13(21)20-8-11-4-2-3-5-12(11)23-15(16,17)18/h2-5,19H,6-10H2,1H3,(H,20,21). The summed E-state index contributed by atoms with van der Waals surface area (Å²) >= 11 is 0. The van der Waals surface area contributed by atoms with Gasteiger partial charge >= 0.3 is 6.36 Å². The molecule has 0 aliphatic carbocycles. The molecule has 1 aliphatic heterocycles. The van der Waals surface area contributed by atoms with Crippen LogP contribution < -0.4 is 15.4 Å². The molecule has 1 heterocycles. The molecule has 0 radical (unpaired) electrons. The summed E-state index contributed by atoms with van der Waals surface area (Å²) < 4.78 is 46.3. The number of methoxy groups -OCH3 is 1. The number of carbonyl (C=O) groups excluding carboxylic acids is 1. The van der Waals surface area contributed by atoms with Gasteiger partial charge in [0.15, 0.2) is 0 Å². The summed E-state index contributed by atoms with van der Waals surface area (Å²) in [5.74, 6) is -0.559. The van der Waals surface area contributed by atoms with E-state index in [9.17, 15) is 18.0 Å². The minimum Gasteiger partial charge on any atom is -0.405 e. The average Bonchev–Trinajstić information content (AvgIpc) is 2.95. The SMILES string of the molecule is COCC1(C(=O)NCc2ccccc2OC(F)(F)F)CCNC1. The highest BCUT2D eigenvalue weighted by Gasteiger charge is 2.41. The minimum atomic E-state index is -4.77. The zero-order valence-electron chi connectivity index (χ0n) is 12.7. The van der Waals surface area contributed by atoms with Crippen LogP contribution in [0.4, 0.5) is 13.2 Å². The number of para-hydroxylation sites is 1. The minimum absolute atomic E-state index is 0.0451. The molecule has 23 heavy (non-hydrogen) atoms. The molecular formula is C15H19F3N2O3. The molecule has 0 spiro atoms. The van der Waals surface area contributed by atoms with Crippen LogP contribution in [-0.4, -0.2) is 39.1 Å². The Morgan fingerprint density at radius 3 is 2.74 bits per heavy atom. The van der Waals surface area contributed by atoms with E-state index in [-0.39, 0.29) is 30.4 Å². The van der Waals surface area contributed by atoms with Crippen LogP contribution in [0.2, 0.25) is 0 Å². The number of rotatable bonds is 6. The smallest absolute Gasteiger partial charge is 0.405 e. The summed E-state index contributed by atoms with van der Waals surface area (Å²) in [6.07, 6.45) is -4.15. The second-order valence-electron chi connectivity index (χ2n) is 5.48. The van der Waals surface area contributed by atoms with Crippen LogP contribution in [0, 0.1) is 5.41 Å². The third kappa shape index (κ3) is 4.59. The predicted octanol–water partition coefficient (Wildman–Crippen LogP) is 1.83. The molecule has 1 unspecified atom stereocenters. The molecule has 1 fully saturated rings. The molecule has 1 aliphatic rings. The van der Waals surface area contributed by atoms with E-state index < -0.39 is 11.8 Å². The van der Waals surface area contributed by atoms with Gasteiger partial charge in [-0.1, -0.05) is 18.2 Å². The Balaban J connectivity index is 2.04. The molecule has 8 heteroatoms.